The molecule has 2 heterocycles. The number of carbonyl (C=O) groups is 1. The average molecular weight is 483 g/mol. The van der Waals surface area contributed by atoms with Crippen LogP contribution in [0.5, 0.6) is 5.75 Å². The minimum atomic E-state index is -0.433. The van der Waals surface area contributed by atoms with E-state index < -0.39 is 5.25 Å². The quantitative estimate of drug-likeness (QED) is 0.305. The fraction of sp³-hybridized carbons (Fsp3) is 0.208. The van der Waals surface area contributed by atoms with E-state index in [2.05, 4.69) is 15.5 Å². The number of halogens is 1. The van der Waals surface area contributed by atoms with Crippen LogP contribution in [0.25, 0.3) is 11.4 Å². The summed E-state index contributed by atoms with van der Waals surface area (Å²) in [6, 6.07) is 18.5. The summed E-state index contributed by atoms with van der Waals surface area (Å²) in [7, 11) is 0. The van der Waals surface area contributed by atoms with Crippen molar-refractivity contribution in [1.82, 2.24) is 14.8 Å². The van der Waals surface area contributed by atoms with Gasteiger partial charge in [-0.25, -0.2) is 0 Å². The van der Waals surface area contributed by atoms with Crippen LogP contribution in [0, 0.1) is 0 Å². The van der Waals surface area contributed by atoms with Crippen molar-refractivity contribution in [2.75, 3.05) is 11.9 Å². The second-order valence-corrected chi connectivity index (χ2v) is 8.90. The van der Waals surface area contributed by atoms with Crippen molar-refractivity contribution >= 4 is 35.0 Å². The van der Waals surface area contributed by atoms with Crippen molar-refractivity contribution in [3.05, 3.63) is 77.7 Å². The van der Waals surface area contributed by atoms with E-state index in [1.54, 1.807) is 6.26 Å². The van der Waals surface area contributed by atoms with Crippen LogP contribution in [-0.4, -0.2) is 32.5 Å². The molecule has 1 N–H and O–H groups in total. The molecule has 0 bridgehead atoms. The highest BCUT2D eigenvalue weighted by Crippen LogP contribution is 2.30. The molecule has 1 unspecified atom stereocenters. The molecule has 0 aliphatic heterocycles. The first kappa shape index (κ1) is 22.9. The van der Waals surface area contributed by atoms with Gasteiger partial charge in [-0.3, -0.25) is 9.36 Å². The number of amides is 1. The first-order chi connectivity index (χ1) is 16.0. The third-order valence-electron chi connectivity index (χ3n) is 4.81. The Balaban J connectivity index is 1.56. The van der Waals surface area contributed by atoms with Crippen LogP contribution >= 0.6 is 23.4 Å². The van der Waals surface area contributed by atoms with Crippen LogP contribution in [0.1, 0.15) is 19.6 Å². The summed E-state index contributed by atoms with van der Waals surface area (Å²) in [5, 5.41) is 12.5. The summed E-state index contributed by atoms with van der Waals surface area (Å²) in [5.41, 5.74) is 1.50. The predicted octanol–water partition coefficient (Wildman–Crippen LogP) is 5.76. The monoisotopic (exact) mass is 482 g/mol. The van der Waals surface area contributed by atoms with Gasteiger partial charge < -0.3 is 14.5 Å². The SMILES string of the molecule is CCOc1ccccc1NC(=O)C(C)Sc1nnc(-c2ccc(Cl)cc2)n1Cc1ccco1. The lowest BCUT2D eigenvalue weighted by Gasteiger charge is -2.15. The van der Waals surface area contributed by atoms with Crippen molar-refractivity contribution in [3.63, 3.8) is 0 Å². The standard InChI is InChI=1S/C24H23ClN4O3S/c1-3-31-21-9-5-4-8-20(21)26-23(30)16(2)33-24-28-27-22(17-10-12-18(25)13-11-17)29(24)15-19-7-6-14-32-19/h4-14,16H,3,15H2,1-2H3,(H,26,30). The zero-order chi connectivity index (χ0) is 23.2. The van der Waals surface area contributed by atoms with E-state index in [1.165, 1.54) is 11.8 Å². The summed E-state index contributed by atoms with van der Waals surface area (Å²) < 4.78 is 13.1. The molecular weight excluding hydrogens is 460 g/mol. The number of hydrogen-bond donors (Lipinski definition) is 1. The number of para-hydroxylation sites is 2. The molecule has 7 nitrogen and oxygen atoms in total. The van der Waals surface area contributed by atoms with Gasteiger partial charge in [-0.2, -0.15) is 0 Å². The predicted molar refractivity (Wildman–Crippen MR) is 130 cm³/mol. The average Bonchev–Trinajstić information content (AvgIpc) is 3.47. The molecule has 0 saturated carbocycles. The van der Waals surface area contributed by atoms with Gasteiger partial charge in [0.25, 0.3) is 0 Å². The van der Waals surface area contributed by atoms with E-state index in [-0.39, 0.29) is 5.91 Å². The molecule has 0 saturated heterocycles. The summed E-state index contributed by atoms with van der Waals surface area (Å²) in [5.74, 6) is 1.90. The molecular formula is C24H23ClN4O3S. The summed E-state index contributed by atoms with van der Waals surface area (Å²) in [6.45, 7) is 4.68. The van der Waals surface area contributed by atoms with E-state index in [4.69, 9.17) is 20.8 Å². The number of thioether (sulfide) groups is 1. The summed E-state index contributed by atoms with van der Waals surface area (Å²) >= 11 is 7.37. The van der Waals surface area contributed by atoms with Gasteiger partial charge in [0, 0.05) is 10.6 Å². The largest absolute Gasteiger partial charge is 0.492 e. The number of carbonyl (C=O) groups excluding carboxylic acids is 1. The molecule has 0 aliphatic rings. The molecule has 0 spiro atoms. The topological polar surface area (TPSA) is 82.2 Å². The number of hydrogen-bond acceptors (Lipinski definition) is 6. The molecule has 33 heavy (non-hydrogen) atoms. The fourth-order valence-electron chi connectivity index (χ4n) is 3.19. The maximum absolute atomic E-state index is 12.9. The second-order valence-electron chi connectivity index (χ2n) is 7.16. The van der Waals surface area contributed by atoms with E-state index in [0.29, 0.717) is 40.6 Å². The Morgan fingerprint density at radius 1 is 1.15 bits per heavy atom. The maximum atomic E-state index is 12.9. The molecule has 1 amide bonds. The molecule has 170 valence electrons. The van der Waals surface area contributed by atoms with Gasteiger partial charge in [0.15, 0.2) is 11.0 Å². The van der Waals surface area contributed by atoms with Gasteiger partial charge in [-0.1, -0.05) is 35.5 Å². The highest BCUT2D eigenvalue weighted by Gasteiger charge is 2.22. The van der Waals surface area contributed by atoms with E-state index in [0.717, 1.165) is 11.3 Å². The minimum absolute atomic E-state index is 0.159. The van der Waals surface area contributed by atoms with Crippen molar-refractivity contribution in [2.24, 2.45) is 0 Å². The third-order valence-corrected chi connectivity index (χ3v) is 6.14. The normalized spacial score (nSPS) is 11.8. The smallest absolute Gasteiger partial charge is 0.237 e. The van der Waals surface area contributed by atoms with Crippen molar-refractivity contribution in [3.8, 4) is 17.1 Å². The number of nitrogens with one attached hydrogen (secondary N) is 1. The number of ether oxygens (including phenoxy) is 1. The number of rotatable bonds is 9. The molecule has 2 aromatic carbocycles. The van der Waals surface area contributed by atoms with Crippen LogP contribution in [0.2, 0.25) is 5.02 Å². The zero-order valence-corrected chi connectivity index (χ0v) is 19.8. The minimum Gasteiger partial charge on any atom is -0.492 e. The van der Waals surface area contributed by atoms with Crippen molar-refractivity contribution in [1.29, 1.82) is 0 Å². The number of nitrogens with zero attached hydrogens (tertiary/aromatic N) is 3. The Morgan fingerprint density at radius 2 is 1.94 bits per heavy atom. The Kier molecular flexibility index (Phi) is 7.36. The Bertz CT molecular complexity index is 1210. The summed E-state index contributed by atoms with van der Waals surface area (Å²) in [6.07, 6.45) is 1.63. The van der Waals surface area contributed by atoms with Crippen LogP contribution in [0.15, 0.2) is 76.5 Å². The van der Waals surface area contributed by atoms with Crippen LogP contribution in [0.4, 0.5) is 5.69 Å². The summed E-state index contributed by atoms with van der Waals surface area (Å²) in [4.78, 5) is 12.9. The van der Waals surface area contributed by atoms with Crippen LogP contribution < -0.4 is 10.1 Å². The number of benzene rings is 2. The van der Waals surface area contributed by atoms with Crippen molar-refractivity contribution < 1.29 is 13.9 Å². The molecule has 0 fully saturated rings. The lowest BCUT2D eigenvalue weighted by atomic mass is 10.2. The van der Waals surface area contributed by atoms with Gasteiger partial charge in [-0.15, -0.1) is 10.2 Å². The van der Waals surface area contributed by atoms with E-state index in [1.807, 2.05) is 79.1 Å². The maximum Gasteiger partial charge on any atom is 0.237 e. The van der Waals surface area contributed by atoms with Crippen molar-refractivity contribution in [2.45, 2.75) is 30.8 Å². The molecule has 0 aliphatic carbocycles. The molecule has 1 atom stereocenters. The highest BCUT2D eigenvalue weighted by atomic mass is 35.5. The molecule has 4 aromatic rings. The number of aromatic nitrogens is 3. The fourth-order valence-corrected chi connectivity index (χ4v) is 4.16. The molecule has 0 radical (unpaired) electrons. The van der Waals surface area contributed by atoms with Gasteiger partial charge >= 0.3 is 0 Å². The van der Waals surface area contributed by atoms with Crippen LogP contribution in [0.3, 0.4) is 0 Å². The van der Waals surface area contributed by atoms with Crippen LogP contribution in [-0.2, 0) is 11.3 Å². The van der Waals surface area contributed by atoms with Gasteiger partial charge in [-0.05, 0) is 62.4 Å². The lowest BCUT2D eigenvalue weighted by molar-refractivity contribution is -0.115. The number of anilines is 1. The lowest BCUT2D eigenvalue weighted by Crippen LogP contribution is -2.23. The van der Waals surface area contributed by atoms with Gasteiger partial charge in [0.1, 0.15) is 11.5 Å². The highest BCUT2D eigenvalue weighted by molar-refractivity contribution is 8.00. The van der Waals surface area contributed by atoms with E-state index >= 15 is 0 Å². The molecule has 2 aromatic heterocycles. The number of furan rings is 1. The van der Waals surface area contributed by atoms with E-state index in [9.17, 15) is 4.79 Å². The zero-order valence-electron chi connectivity index (χ0n) is 18.2. The van der Waals surface area contributed by atoms with Gasteiger partial charge in [0.2, 0.25) is 5.91 Å². The Hall–Kier alpha value is -3.23. The molecule has 9 heteroatoms. The van der Waals surface area contributed by atoms with Gasteiger partial charge in [0.05, 0.1) is 30.4 Å². The Morgan fingerprint density at radius 3 is 2.67 bits per heavy atom. The third kappa shape index (κ3) is 5.58. The Labute approximate surface area is 201 Å². The first-order valence-corrected chi connectivity index (χ1v) is 11.7. The first-order valence-electron chi connectivity index (χ1n) is 10.5. The second kappa shape index (κ2) is 10.6. The molecule has 4 rings (SSSR count).